The van der Waals surface area contributed by atoms with Crippen molar-refractivity contribution >= 4 is 15.9 Å². The number of aromatic nitrogens is 3. The number of hydrogen-bond acceptors (Lipinski definition) is 5. The SMILES string of the molecule is Brc1cccnc1-c1noc(CC2CC3CCC(C2)N3)n1. The van der Waals surface area contributed by atoms with Crippen LogP contribution in [0.1, 0.15) is 31.6 Å². The Balaban J connectivity index is 1.49. The summed E-state index contributed by atoms with van der Waals surface area (Å²) in [6.07, 6.45) is 7.70. The van der Waals surface area contributed by atoms with Crippen LogP contribution in [0.2, 0.25) is 0 Å². The van der Waals surface area contributed by atoms with Gasteiger partial charge < -0.3 is 9.84 Å². The maximum atomic E-state index is 5.43. The monoisotopic (exact) mass is 348 g/mol. The van der Waals surface area contributed by atoms with Gasteiger partial charge in [-0.2, -0.15) is 4.98 Å². The van der Waals surface area contributed by atoms with Crippen LogP contribution in [-0.4, -0.2) is 27.2 Å². The van der Waals surface area contributed by atoms with Gasteiger partial charge in [-0.15, -0.1) is 0 Å². The van der Waals surface area contributed by atoms with E-state index in [2.05, 4.69) is 36.4 Å². The number of fused-ring (bicyclic) bond motifs is 2. The molecule has 2 bridgehead atoms. The average molecular weight is 349 g/mol. The van der Waals surface area contributed by atoms with Crippen LogP contribution in [0.3, 0.4) is 0 Å². The van der Waals surface area contributed by atoms with Gasteiger partial charge in [-0.05, 0) is 59.7 Å². The minimum absolute atomic E-state index is 0.564. The van der Waals surface area contributed by atoms with E-state index in [4.69, 9.17) is 4.52 Å². The molecule has 0 spiro atoms. The Morgan fingerprint density at radius 3 is 2.86 bits per heavy atom. The second-order valence-corrected chi connectivity index (χ2v) is 6.88. The maximum Gasteiger partial charge on any atom is 0.227 e. The fourth-order valence-electron chi connectivity index (χ4n) is 3.57. The first kappa shape index (κ1) is 13.4. The van der Waals surface area contributed by atoms with E-state index in [-0.39, 0.29) is 0 Å². The summed E-state index contributed by atoms with van der Waals surface area (Å²) in [5.41, 5.74) is 0.734. The first-order chi connectivity index (χ1) is 10.3. The topological polar surface area (TPSA) is 63.8 Å². The van der Waals surface area contributed by atoms with E-state index in [0.29, 0.717) is 23.8 Å². The standard InChI is InChI=1S/C15H17BrN4O/c16-12-2-1-5-17-14(12)15-19-13(21-20-15)8-9-6-10-3-4-11(7-9)18-10/h1-2,5,9-11,18H,3-4,6-8H2. The minimum Gasteiger partial charge on any atom is -0.339 e. The highest BCUT2D eigenvalue weighted by Crippen LogP contribution is 2.33. The lowest BCUT2D eigenvalue weighted by Gasteiger charge is -2.27. The molecule has 0 aromatic carbocycles. The number of pyridine rings is 1. The van der Waals surface area contributed by atoms with Crippen molar-refractivity contribution in [3.8, 4) is 11.5 Å². The van der Waals surface area contributed by atoms with E-state index in [1.165, 1.54) is 25.7 Å². The quantitative estimate of drug-likeness (QED) is 0.923. The molecule has 0 saturated carbocycles. The van der Waals surface area contributed by atoms with Crippen molar-refractivity contribution in [3.05, 3.63) is 28.7 Å². The molecule has 4 heterocycles. The number of rotatable bonds is 3. The van der Waals surface area contributed by atoms with Crippen molar-refractivity contribution in [2.45, 2.75) is 44.2 Å². The molecule has 2 fully saturated rings. The van der Waals surface area contributed by atoms with Gasteiger partial charge in [-0.1, -0.05) is 5.16 Å². The van der Waals surface area contributed by atoms with Gasteiger partial charge in [-0.3, -0.25) is 4.98 Å². The molecular formula is C15H17BrN4O. The van der Waals surface area contributed by atoms with Crippen LogP contribution in [0.25, 0.3) is 11.5 Å². The van der Waals surface area contributed by atoms with Crippen LogP contribution in [-0.2, 0) is 6.42 Å². The van der Waals surface area contributed by atoms with Crippen molar-refractivity contribution in [1.29, 1.82) is 0 Å². The fourth-order valence-corrected chi connectivity index (χ4v) is 4.01. The lowest BCUT2D eigenvalue weighted by molar-refractivity contribution is 0.270. The normalized spacial score (nSPS) is 28.0. The van der Waals surface area contributed by atoms with Crippen LogP contribution in [0.5, 0.6) is 0 Å². The van der Waals surface area contributed by atoms with E-state index in [1.54, 1.807) is 6.20 Å². The summed E-state index contributed by atoms with van der Waals surface area (Å²) in [5, 5.41) is 7.73. The van der Waals surface area contributed by atoms with Gasteiger partial charge >= 0.3 is 0 Å². The molecule has 5 nitrogen and oxygen atoms in total. The predicted octanol–water partition coefficient (Wildman–Crippen LogP) is 2.97. The first-order valence-electron chi connectivity index (χ1n) is 7.47. The molecule has 2 aromatic heterocycles. The van der Waals surface area contributed by atoms with Crippen molar-refractivity contribution in [3.63, 3.8) is 0 Å². The lowest BCUT2D eigenvalue weighted by atomic mass is 9.90. The zero-order valence-corrected chi connectivity index (χ0v) is 13.2. The summed E-state index contributed by atoms with van der Waals surface area (Å²) < 4.78 is 6.31. The molecule has 110 valence electrons. The summed E-state index contributed by atoms with van der Waals surface area (Å²) in [7, 11) is 0. The molecule has 0 radical (unpaired) electrons. The average Bonchev–Trinajstić information content (AvgIpc) is 3.06. The second kappa shape index (κ2) is 5.50. The van der Waals surface area contributed by atoms with Crippen molar-refractivity contribution in [2.75, 3.05) is 0 Å². The Bertz CT molecular complexity index is 632. The molecule has 2 aliphatic rings. The molecule has 2 aliphatic heterocycles. The molecule has 6 heteroatoms. The second-order valence-electron chi connectivity index (χ2n) is 6.02. The summed E-state index contributed by atoms with van der Waals surface area (Å²) >= 11 is 3.47. The highest BCUT2D eigenvalue weighted by atomic mass is 79.9. The molecule has 0 amide bonds. The molecule has 2 saturated heterocycles. The first-order valence-corrected chi connectivity index (χ1v) is 8.27. The smallest absolute Gasteiger partial charge is 0.227 e. The zero-order valence-electron chi connectivity index (χ0n) is 11.6. The number of piperidine rings is 1. The molecule has 4 rings (SSSR count). The van der Waals surface area contributed by atoms with Crippen LogP contribution in [0.15, 0.2) is 27.3 Å². The van der Waals surface area contributed by atoms with E-state index >= 15 is 0 Å². The third kappa shape index (κ3) is 2.74. The van der Waals surface area contributed by atoms with Crippen LogP contribution in [0, 0.1) is 5.92 Å². The Hall–Kier alpha value is -1.27. The van der Waals surface area contributed by atoms with Gasteiger partial charge in [0.15, 0.2) is 0 Å². The third-order valence-corrected chi connectivity index (χ3v) is 5.11. The van der Waals surface area contributed by atoms with Crippen molar-refractivity contribution < 1.29 is 4.52 Å². The maximum absolute atomic E-state index is 5.43. The molecule has 0 aliphatic carbocycles. The Labute approximate surface area is 131 Å². The van der Waals surface area contributed by atoms with Gasteiger partial charge in [-0.25, -0.2) is 0 Å². The highest BCUT2D eigenvalue weighted by Gasteiger charge is 2.34. The van der Waals surface area contributed by atoms with Gasteiger partial charge in [0.1, 0.15) is 5.69 Å². The van der Waals surface area contributed by atoms with Crippen LogP contribution >= 0.6 is 15.9 Å². The molecule has 2 atom stereocenters. The zero-order chi connectivity index (χ0) is 14.2. The summed E-state index contributed by atoms with van der Waals surface area (Å²) in [6, 6.07) is 5.20. The molecule has 1 N–H and O–H groups in total. The van der Waals surface area contributed by atoms with Gasteiger partial charge in [0.2, 0.25) is 11.7 Å². The molecular weight excluding hydrogens is 332 g/mol. The van der Waals surface area contributed by atoms with E-state index in [0.717, 1.165) is 22.5 Å². The number of halogens is 1. The third-order valence-electron chi connectivity index (χ3n) is 4.47. The predicted molar refractivity (Wildman–Crippen MR) is 81.6 cm³/mol. The summed E-state index contributed by atoms with van der Waals surface area (Å²) in [5.74, 6) is 1.95. The van der Waals surface area contributed by atoms with Gasteiger partial charge in [0, 0.05) is 29.2 Å². The number of nitrogens with one attached hydrogen (secondary N) is 1. The molecule has 2 unspecified atom stereocenters. The van der Waals surface area contributed by atoms with Crippen LogP contribution in [0.4, 0.5) is 0 Å². The Morgan fingerprint density at radius 2 is 2.10 bits per heavy atom. The van der Waals surface area contributed by atoms with E-state index < -0.39 is 0 Å². The molecule has 2 aromatic rings. The Kier molecular flexibility index (Phi) is 3.51. The van der Waals surface area contributed by atoms with E-state index in [9.17, 15) is 0 Å². The Morgan fingerprint density at radius 1 is 1.29 bits per heavy atom. The van der Waals surface area contributed by atoms with Gasteiger partial charge in [0.25, 0.3) is 0 Å². The van der Waals surface area contributed by atoms with Crippen LogP contribution < -0.4 is 5.32 Å². The van der Waals surface area contributed by atoms with Gasteiger partial charge in [0.05, 0.1) is 0 Å². The fraction of sp³-hybridized carbons (Fsp3) is 0.533. The number of nitrogens with zero attached hydrogens (tertiary/aromatic N) is 3. The highest BCUT2D eigenvalue weighted by molar-refractivity contribution is 9.10. The van der Waals surface area contributed by atoms with Crippen molar-refractivity contribution in [2.24, 2.45) is 5.92 Å². The molecule has 21 heavy (non-hydrogen) atoms. The summed E-state index contributed by atoms with van der Waals surface area (Å²) in [4.78, 5) is 8.82. The lowest BCUT2D eigenvalue weighted by Crippen LogP contribution is -2.38. The minimum atomic E-state index is 0.564. The largest absolute Gasteiger partial charge is 0.339 e. The summed E-state index contributed by atoms with van der Waals surface area (Å²) in [6.45, 7) is 0. The number of hydrogen-bond donors (Lipinski definition) is 1. The van der Waals surface area contributed by atoms with Crippen molar-refractivity contribution in [1.82, 2.24) is 20.4 Å². The van der Waals surface area contributed by atoms with E-state index in [1.807, 2.05) is 12.1 Å².